The van der Waals surface area contributed by atoms with Crippen LogP contribution in [0.25, 0.3) is 10.8 Å². The Hall–Kier alpha value is -1.75. The van der Waals surface area contributed by atoms with Crippen LogP contribution in [0.1, 0.15) is 0 Å². The molecule has 0 radical (unpaired) electrons. The number of amides is 1. The van der Waals surface area contributed by atoms with Crippen molar-refractivity contribution in [1.29, 1.82) is 0 Å². The van der Waals surface area contributed by atoms with E-state index < -0.39 is 6.09 Å². The quantitative estimate of drug-likeness (QED) is 0.869. The molecule has 2 aromatic rings. The summed E-state index contributed by atoms with van der Waals surface area (Å²) in [6, 6.07) is 12.4. The standard InChI is InChI=1S/C15H15BrN2O2/c16-13-5-6-14(12-4-2-1-3-11(12)13)17-7-9-18(10-8-17)15(19)20/h1-6H,7-10H2,(H,19,20). The third kappa shape index (κ3) is 2.33. The van der Waals surface area contributed by atoms with Crippen molar-refractivity contribution in [3.8, 4) is 0 Å². The van der Waals surface area contributed by atoms with E-state index in [-0.39, 0.29) is 0 Å². The van der Waals surface area contributed by atoms with Gasteiger partial charge in [-0.1, -0.05) is 40.2 Å². The Morgan fingerprint density at radius 1 is 1.00 bits per heavy atom. The first-order valence-electron chi connectivity index (χ1n) is 6.57. The zero-order valence-corrected chi connectivity index (χ0v) is 12.5. The molecular weight excluding hydrogens is 320 g/mol. The second-order valence-electron chi connectivity index (χ2n) is 4.87. The zero-order chi connectivity index (χ0) is 14.1. The van der Waals surface area contributed by atoms with Crippen LogP contribution >= 0.6 is 15.9 Å². The molecule has 1 amide bonds. The van der Waals surface area contributed by atoms with Gasteiger partial charge in [0.1, 0.15) is 0 Å². The van der Waals surface area contributed by atoms with E-state index in [0.717, 1.165) is 17.6 Å². The van der Waals surface area contributed by atoms with Gasteiger partial charge in [-0.05, 0) is 17.5 Å². The van der Waals surface area contributed by atoms with Crippen molar-refractivity contribution in [3.63, 3.8) is 0 Å². The van der Waals surface area contributed by atoms with E-state index in [9.17, 15) is 4.79 Å². The zero-order valence-electron chi connectivity index (χ0n) is 10.9. The van der Waals surface area contributed by atoms with Crippen molar-refractivity contribution in [2.24, 2.45) is 0 Å². The molecule has 1 aliphatic heterocycles. The van der Waals surface area contributed by atoms with Crippen molar-refractivity contribution < 1.29 is 9.90 Å². The maximum Gasteiger partial charge on any atom is 0.407 e. The summed E-state index contributed by atoms with van der Waals surface area (Å²) in [6.07, 6.45) is -0.828. The van der Waals surface area contributed by atoms with Gasteiger partial charge in [0.15, 0.2) is 0 Å². The number of carbonyl (C=O) groups is 1. The van der Waals surface area contributed by atoms with Crippen LogP contribution in [0.2, 0.25) is 0 Å². The van der Waals surface area contributed by atoms with E-state index in [2.05, 4.69) is 45.1 Å². The Balaban J connectivity index is 1.92. The molecule has 0 spiro atoms. The average Bonchev–Trinajstić information content (AvgIpc) is 2.48. The predicted octanol–water partition coefficient (Wildman–Crippen LogP) is 3.40. The highest BCUT2D eigenvalue weighted by atomic mass is 79.9. The van der Waals surface area contributed by atoms with Crippen LogP contribution in [-0.4, -0.2) is 42.3 Å². The van der Waals surface area contributed by atoms with Crippen molar-refractivity contribution in [2.45, 2.75) is 0 Å². The first-order chi connectivity index (χ1) is 9.66. The molecule has 1 heterocycles. The van der Waals surface area contributed by atoms with Crippen LogP contribution in [-0.2, 0) is 0 Å². The third-order valence-corrected chi connectivity index (χ3v) is 4.43. The number of hydrogen-bond donors (Lipinski definition) is 1. The van der Waals surface area contributed by atoms with E-state index in [1.807, 2.05) is 12.1 Å². The average molecular weight is 335 g/mol. The Morgan fingerprint density at radius 2 is 1.65 bits per heavy atom. The molecule has 1 N–H and O–H groups in total. The minimum absolute atomic E-state index is 0.555. The van der Waals surface area contributed by atoms with Crippen molar-refractivity contribution in [1.82, 2.24) is 4.90 Å². The molecule has 0 saturated carbocycles. The van der Waals surface area contributed by atoms with Crippen LogP contribution in [0, 0.1) is 0 Å². The fourth-order valence-corrected chi connectivity index (χ4v) is 3.14. The van der Waals surface area contributed by atoms with Crippen molar-refractivity contribution in [2.75, 3.05) is 31.1 Å². The summed E-state index contributed by atoms with van der Waals surface area (Å²) in [4.78, 5) is 14.7. The van der Waals surface area contributed by atoms with Crippen LogP contribution in [0.15, 0.2) is 40.9 Å². The number of benzene rings is 2. The van der Waals surface area contributed by atoms with E-state index >= 15 is 0 Å². The summed E-state index contributed by atoms with van der Waals surface area (Å²) in [5, 5.41) is 11.4. The van der Waals surface area contributed by atoms with Gasteiger partial charge in [-0.15, -0.1) is 0 Å². The molecular formula is C15H15BrN2O2. The second kappa shape index (κ2) is 5.32. The number of fused-ring (bicyclic) bond motifs is 1. The summed E-state index contributed by atoms with van der Waals surface area (Å²) >= 11 is 3.58. The lowest BCUT2D eigenvalue weighted by Gasteiger charge is -2.35. The molecule has 4 nitrogen and oxygen atoms in total. The number of nitrogens with zero attached hydrogens (tertiary/aromatic N) is 2. The minimum Gasteiger partial charge on any atom is -0.465 e. The number of halogens is 1. The minimum atomic E-state index is -0.828. The van der Waals surface area contributed by atoms with Gasteiger partial charge in [0.25, 0.3) is 0 Å². The first-order valence-corrected chi connectivity index (χ1v) is 7.36. The van der Waals surface area contributed by atoms with Gasteiger partial charge < -0.3 is 14.9 Å². The van der Waals surface area contributed by atoms with E-state index in [1.165, 1.54) is 21.4 Å². The molecule has 0 aliphatic carbocycles. The maximum atomic E-state index is 11.0. The smallest absolute Gasteiger partial charge is 0.407 e. The van der Waals surface area contributed by atoms with Crippen LogP contribution in [0.3, 0.4) is 0 Å². The van der Waals surface area contributed by atoms with Crippen LogP contribution < -0.4 is 4.90 Å². The molecule has 5 heteroatoms. The van der Waals surface area contributed by atoms with Gasteiger partial charge in [0, 0.05) is 41.7 Å². The molecule has 2 aromatic carbocycles. The Morgan fingerprint density at radius 3 is 2.30 bits per heavy atom. The maximum absolute atomic E-state index is 11.0. The summed E-state index contributed by atoms with van der Waals surface area (Å²) < 4.78 is 1.08. The Labute approximate surface area is 125 Å². The largest absolute Gasteiger partial charge is 0.465 e. The van der Waals surface area contributed by atoms with Gasteiger partial charge >= 0.3 is 6.09 Å². The molecule has 0 bridgehead atoms. The lowest BCUT2D eigenvalue weighted by molar-refractivity contribution is 0.142. The van der Waals surface area contributed by atoms with Gasteiger partial charge in [0.2, 0.25) is 0 Å². The fraction of sp³-hybridized carbons (Fsp3) is 0.267. The fourth-order valence-electron chi connectivity index (χ4n) is 2.66. The highest BCUT2D eigenvalue weighted by Crippen LogP contribution is 2.32. The highest BCUT2D eigenvalue weighted by molar-refractivity contribution is 9.10. The van der Waals surface area contributed by atoms with Crippen molar-refractivity contribution in [3.05, 3.63) is 40.9 Å². The summed E-state index contributed by atoms with van der Waals surface area (Å²) in [5.41, 5.74) is 1.17. The van der Waals surface area contributed by atoms with Gasteiger partial charge in [0.05, 0.1) is 0 Å². The first kappa shape index (κ1) is 13.2. The third-order valence-electron chi connectivity index (χ3n) is 3.74. The molecule has 1 aliphatic rings. The van der Waals surface area contributed by atoms with E-state index in [0.29, 0.717) is 13.1 Å². The number of rotatable bonds is 1. The lowest BCUT2D eigenvalue weighted by Crippen LogP contribution is -2.48. The summed E-state index contributed by atoms with van der Waals surface area (Å²) in [6.45, 7) is 2.58. The van der Waals surface area contributed by atoms with Crippen molar-refractivity contribution >= 4 is 38.5 Å². The monoisotopic (exact) mass is 334 g/mol. The van der Waals surface area contributed by atoms with Crippen LogP contribution in [0.4, 0.5) is 10.5 Å². The number of piperazine rings is 1. The molecule has 0 aromatic heterocycles. The van der Waals surface area contributed by atoms with Crippen LogP contribution in [0.5, 0.6) is 0 Å². The van der Waals surface area contributed by atoms with E-state index in [4.69, 9.17) is 5.11 Å². The number of carboxylic acid groups (broad SMARTS) is 1. The molecule has 104 valence electrons. The summed E-state index contributed by atoms with van der Waals surface area (Å²) in [5.74, 6) is 0. The van der Waals surface area contributed by atoms with E-state index in [1.54, 1.807) is 0 Å². The molecule has 20 heavy (non-hydrogen) atoms. The topological polar surface area (TPSA) is 43.8 Å². The number of hydrogen-bond acceptors (Lipinski definition) is 2. The van der Waals surface area contributed by atoms with Gasteiger partial charge in [-0.25, -0.2) is 4.79 Å². The molecule has 1 saturated heterocycles. The SMILES string of the molecule is O=C(O)N1CCN(c2ccc(Br)c3ccccc23)CC1. The normalized spacial score (nSPS) is 15.7. The van der Waals surface area contributed by atoms with Gasteiger partial charge in [-0.2, -0.15) is 0 Å². The van der Waals surface area contributed by atoms with Gasteiger partial charge in [-0.3, -0.25) is 0 Å². The Bertz CT molecular complexity index is 651. The summed E-state index contributed by atoms with van der Waals surface area (Å²) in [7, 11) is 0. The molecule has 1 fully saturated rings. The Kier molecular flexibility index (Phi) is 3.53. The molecule has 0 atom stereocenters. The second-order valence-corrected chi connectivity index (χ2v) is 5.72. The lowest BCUT2D eigenvalue weighted by atomic mass is 10.1. The predicted molar refractivity (Wildman–Crippen MR) is 83.5 cm³/mol. The number of anilines is 1. The highest BCUT2D eigenvalue weighted by Gasteiger charge is 2.21. The molecule has 0 unspecified atom stereocenters. The molecule has 3 rings (SSSR count).